The molecule has 0 spiro atoms. The Morgan fingerprint density at radius 2 is 1.87 bits per heavy atom. The first kappa shape index (κ1) is 12.0. The van der Waals surface area contributed by atoms with Gasteiger partial charge in [-0.05, 0) is 0 Å². The quantitative estimate of drug-likeness (QED) is 0.750. The Kier molecular flexibility index (Phi) is 4.09. The Hall–Kier alpha value is -1.09. The average molecular weight is 375 g/mol. The van der Waals surface area contributed by atoms with Crippen LogP contribution >= 0.6 is 0 Å². The topological polar surface area (TPSA) is 51.2 Å². The predicted molar refractivity (Wildman–Crippen MR) is 53.0 cm³/mol. The first-order chi connectivity index (χ1) is 7.17. The molecule has 15 heavy (non-hydrogen) atoms. The average Bonchev–Trinajstić information content (AvgIpc) is 2.67. The summed E-state index contributed by atoms with van der Waals surface area (Å²) in [5.74, 6) is 0. The van der Waals surface area contributed by atoms with Crippen molar-refractivity contribution in [2.24, 2.45) is 0 Å². The Balaban J connectivity index is 2.94. The normalized spacial score (nSPS) is 14.7. The summed E-state index contributed by atoms with van der Waals surface area (Å²) in [6.45, 7) is 1.98. The summed E-state index contributed by atoms with van der Waals surface area (Å²) in [6, 6.07) is 0. The van der Waals surface area contributed by atoms with E-state index in [1.807, 2.05) is 19.1 Å². The van der Waals surface area contributed by atoms with Crippen LogP contribution in [0.1, 0.15) is 19.8 Å². The van der Waals surface area contributed by atoms with Gasteiger partial charge >= 0.3 is 89.7 Å². The Morgan fingerprint density at radius 3 is 2.27 bits per heavy atom. The fourth-order valence-corrected chi connectivity index (χ4v) is 4.66. The maximum atomic E-state index is 10.6. The first-order valence-corrected chi connectivity index (χ1v) is 11.0. The van der Waals surface area contributed by atoms with Crippen molar-refractivity contribution in [1.29, 1.82) is 0 Å². The van der Waals surface area contributed by atoms with Crippen molar-refractivity contribution in [2.45, 2.75) is 24.6 Å². The van der Waals surface area contributed by atoms with Gasteiger partial charge in [0, 0.05) is 0 Å². The van der Waals surface area contributed by atoms with E-state index < -0.39 is 14.7 Å². The van der Waals surface area contributed by atoms with E-state index in [1.165, 1.54) is 5.57 Å². The van der Waals surface area contributed by atoms with Crippen LogP contribution in [-0.4, -0.2) is 12.8 Å². The number of rotatable bonds is 3. The standard InChI is InChI=1S/C8H11.3CO.W/c1-3-8-6-4-5-7(8)2;3*1-2;/h4-5H,1,3,6H2,2H3;;;;. The summed E-state index contributed by atoms with van der Waals surface area (Å²) in [6.07, 6.45) is 5.51. The molecule has 0 saturated heterocycles. The van der Waals surface area contributed by atoms with Gasteiger partial charge in [-0.15, -0.1) is 0 Å². The van der Waals surface area contributed by atoms with Crippen LogP contribution in [0.15, 0.2) is 23.3 Å². The Morgan fingerprint density at radius 1 is 1.27 bits per heavy atom. The maximum absolute atomic E-state index is 10.6. The third kappa shape index (κ3) is 2.69. The van der Waals surface area contributed by atoms with Gasteiger partial charge in [-0.25, -0.2) is 0 Å². The van der Waals surface area contributed by atoms with E-state index in [-0.39, 0.29) is 0 Å². The minimum absolute atomic E-state index is 0.317. The molecule has 0 aromatic carbocycles. The van der Waals surface area contributed by atoms with Gasteiger partial charge in [0.25, 0.3) is 0 Å². The van der Waals surface area contributed by atoms with E-state index in [1.54, 1.807) is 12.8 Å². The molecule has 0 bridgehead atoms. The summed E-state index contributed by atoms with van der Waals surface area (Å²) < 4.78 is 4.87. The predicted octanol–water partition coefficient (Wildman–Crippen LogP) is 1.43. The molecule has 0 radical (unpaired) electrons. The number of allylic oxidation sites excluding steroid dienone is 4. The number of carbonyl (C=O) groups excluding carboxylic acids is 3. The Bertz CT molecular complexity index is 529. The molecule has 1 aliphatic rings. The van der Waals surface area contributed by atoms with Gasteiger partial charge in [-0.2, -0.15) is 0 Å². The molecule has 0 fully saturated rings. The van der Waals surface area contributed by atoms with E-state index in [4.69, 9.17) is 0 Å². The van der Waals surface area contributed by atoms with Crippen LogP contribution < -0.4 is 0 Å². The molecule has 0 atom stereocenters. The fourth-order valence-electron chi connectivity index (χ4n) is 1.41. The molecule has 0 saturated carbocycles. The summed E-state index contributed by atoms with van der Waals surface area (Å²) in [5.41, 5.74) is 2.36. The van der Waals surface area contributed by atoms with Gasteiger partial charge in [-0.1, -0.05) is 0 Å². The first-order valence-electron chi connectivity index (χ1n) is 4.50. The molecule has 4 heteroatoms. The van der Waals surface area contributed by atoms with Crippen LogP contribution in [0.2, 0.25) is 4.81 Å². The van der Waals surface area contributed by atoms with E-state index in [0.717, 1.165) is 12.0 Å². The molecule has 0 unspecified atom stereocenters. The van der Waals surface area contributed by atoms with Crippen LogP contribution in [0.4, 0.5) is 0 Å². The molecule has 79 valence electrons. The van der Waals surface area contributed by atoms with Gasteiger partial charge in [0.1, 0.15) is 0 Å². The number of hydrogen-bond donors (Lipinski definition) is 0. The second-order valence-electron chi connectivity index (χ2n) is 3.34. The molecule has 0 aliphatic heterocycles. The van der Waals surface area contributed by atoms with Gasteiger partial charge in [-0.3, -0.25) is 0 Å². The fraction of sp³-hybridized carbons (Fsp3) is 0.364. The number of hydrogen-bond acceptors (Lipinski definition) is 3. The molecule has 0 N–H and O–H groups in total. The van der Waals surface area contributed by atoms with Gasteiger partial charge in [0.05, 0.1) is 0 Å². The van der Waals surface area contributed by atoms with Crippen LogP contribution in [0.5, 0.6) is 0 Å². The van der Waals surface area contributed by atoms with E-state index in [2.05, 4.69) is 0 Å². The molecular weight excluding hydrogens is 364 g/mol. The molecule has 0 amide bonds. The molecule has 0 aromatic heterocycles. The second kappa shape index (κ2) is 5.12. The summed E-state index contributed by atoms with van der Waals surface area (Å²) in [5, 5.41) is 0. The van der Waals surface area contributed by atoms with Crippen molar-refractivity contribution in [3.63, 3.8) is 0 Å². The monoisotopic (exact) mass is 375 g/mol. The summed E-state index contributed by atoms with van der Waals surface area (Å²) in [7, 11) is 0. The van der Waals surface area contributed by atoms with Gasteiger partial charge in [0.15, 0.2) is 0 Å². The zero-order chi connectivity index (χ0) is 11.3. The van der Waals surface area contributed by atoms with Crippen LogP contribution in [0, 0.1) is 0 Å². The molecule has 0 heterocycles. The summed E-state index contributed by atoms with van der Waals surface area (Å²) >= 11 is -4.03. The molecule has 1 rings (SSSR count). The van der Waals surface area contributed by atoms with Crippen molar-refractivity contribution in [1.82, 2.24) is 0 Å². The van der Waals surface area contributed by atoms with Crippen molar-refractivity contribution >= 4 is 12.8 Å². The van der Waals surface area contributed by atoms with E-state index in [0.29, 0.717) is 11.2 Å². The molecule has 0 aromatic rings. The van der Waals surface area contributed by atoms with Crippen molar-refractivity contribution < 1.29 is 29.1 Å². The SMILES string of the molecule is CC1=C(C[CH2][W](=[C]=O)(=[C]=O)=[C]=O)CC=C1. The van der Waals surface area contributed by atoms with Crippen LogP contribution in [0.3, 0.4) is 0 Å². The second-order valence-corrected chi connectivity index (χ2v) is 11.9. The third-order valence-electron chi connectivity index (χ3n) is 2.43. The van der Waals surface area contributed by atoms with Crippen LogP contribution in [0.25, 0.3) is 0 Å². The zero-order valence-corrected chi connectivity index (χ0v) is 11.3. The van der Waals surface area contributed by atoms with Crippen molar-refractivity contribution in [2.75, 3.05) is 0 Å². The summed E-state index contributed by atoms with van der Waals surface area (Å²) in [4.78, 5) is 32.1. The molecular formula is C11H11O3W. The van der Waals surface area contributed by atoms with E-state index >= 15 is 0 Å². The van der Waals surface area contributed by atoms with Gasteiger partial charge < -0.3 is 0 Å². The van der Waals surface area contributed by atoms with Crippen molar-refractivity contribution in [3.05, 3.63) is 23.3 Å². The molecule has 3 nitrogen and oxygen atoms in total. The minimum atomic E-state index is -4.03. The Labute approximate surface area is 89.8 Å². The molecule has 1 aliphatic carbocycles. The zero-order valence-electron chi connectivity index (χ0n) is 8.41. The van der Waals surface area contributed by atoms with Crippen LogP contribution in [-0.2, 0) is 29.1 Å². The van der Waals surface area contributed by atoms with Crippen molar-refractivity contribution in [3.8, 4) is 0 Å². The third-order valence-corrected chi connectivity index (χ3v) is 8.43. The van der Waals surface area contributed by atoms with Gasteiger partial charge in [0.2, 0.25) is 0 Å². The van der Waals surface area contributed by atoms with E-state index in [9.17, 15) is 14.4 Å².